The molecular weight excluding hydrogens is 210 g/mol. The molecule has 0 aromatic carbocycles. The summed E-state index contributed by atoms with van der Waals surface area (Å²) in [4.78, 5) is 9.94. The lowest BCUT2D eigenvalue weighted by molar-refractivity contribution is 1.12. The minimum absolute atomic E-state index is 0.201. The summed E-state index contributed by atoms with van der Waals surface area (Å²) >= 11 is 5.64. The van der Waals surface area contributed by atoms with E-state index < -0.39 is 0 Å². The second-order valence-corrected chi connectivity index (χ2v) is 3.14. The molecule has 2 nitrogen and oxygen atoms in total. The van der Waals surface area contributed by atoms with E-state index in [1.807, 2.05) is 41.5 Å². The summed E-state index contributed by atoms with van der Waals surface area (Å²) < 4.78 is 0. The zero-order valence-electron chi connectivity index (χ0n) is 11.0. The first-order valence-corrected chi connectivity index (χ1v) is 5.75. The third-order valence-corrected chi connectivity index (χ3v) is 1.36. The Hall–Kier alpha value is -0.630. The van der Waals surface area contributed by atoms with Gasteiger partial charge in [-0.25, -0.2) is 0 Å². The average Bonchev–Trinajstić information content (AvgIpc) is 2.22. The van der Waals surface area contributed by atoms with E-state index in [4.69, 9.17) is 11.6 Å². The predicted octanol–water partition coefficient (Wildman–Crippen LogP) is 5.28. The fourth-order valence-electron chi connectivity index (χ4n) is 0.658. The van der Waals surface area contributed by atoms with Gasteiger partial charge in [0.05, 0.1) is 0 Å². The Labute approximate surface area is 99.4 Å². The third-order valence-electron chi connectivity index (χ3n) is 1.25. The van der Waals surface area contributed by atoms with Gasteiger partial charge in [-0.1, -0.05) is 50.0 Å². The van der Waals surface area contributed by atoms with Crippen LogP contribution < -0.4 is 0 Å². The third kappa shape index (κ3) is 16.1. The van der Waals surface area contributed by atoms with Crippen molar-refractivity contribution in [2.45, 2.75) is 48.5 Å². The van der Waals surface area contributed by atoms with Crippen molar-refractivity contribution in [2.24, 2.45) is 5.18 Å². The molecule has 0 atom stereocenters. The van der Waals surface area contributed by atoms with Crippen LogP contribution in [0.4, 0.5) is 0 Å². The lowest BCUT2D eigenvalue weighted by atomic mass is 10.1. The Bertz CT molecular complexity index is 200. The van der Waals surface area contributed by atoms with Crippen LogP contribution in [-0.2, 0) is 0 Å². The average molecular weight is 234 g/mol. The maximum atomic E-state index is 9.94. The van der Waals surface area contributed by atoms with Crippen molar-refractivity contribution in [3.8, 4) is 0 Å². The molecular formula is C12H24ClNO. The molecule has 0 aliphatic rings. The Kier molecular flexibility index (Phi) is 21.0. The fourth-order valence-corrected chi connectivity index (χ4v) is 0.789. The highest BCUT2D eigenvalue weighted by Crippen LogP contribution is 2.10. The normalized spacial score (nSPS) is 8.93. The first-order valence-electron chi connectivity index (χ1n) is 5.37. The predicted molar refractivity (Wildman–Crippen MR) is 71.3 cm³/mol. The van der Waals surface area contributed by atoms with Crippen LogP contribution >= 0.6 is 11.6 Å². The Balaban J connectivity index is -0.000000318. The lowest BCUT2D eigenvalue weighted by Gasteiger charge is -1.98. The van der Waals surface area contributed by atoms with Crippen molar-refractivity contribution in [3.05, 3.63) is 27.2 Å². The molecule has 0 rings (SSSR count). The van der Waals surface area contributed by atoms with Crippen molar-refractivity contribution in [2.75, 3.05) is 6.54 Å². The molecule has 0 aromatic rings. The molecule has 0 N–H and O–H groups in total. The van der Waals surface area contributed by atoms with Crippen LogP contribution in [0.2, 0.25) is 0 Å². The van der Waals surface area contributed by atoms with Gasteiger partial charge < -0.3 is 0 Å². The summed E-state index contributed by atoms with van der Waals surface area (Å²) in [5, 5.41) is 3.47. The number of allylic oxidation sites excluding steroid dienone is 2. The Morgan fingerprint density at radius 3 is 1.73 bits per heavy atom. The SMILES string of the molecule is CC.CC.CC(C)=C(/C=C(\C)Cl)CN=O. The van der Waals surface area contributed by atoms with Gasteiger partial charge in [0.2, 0.25) is 0 Å². The first kappa shape index (κ1) is 19.9. The van der Waals surface area contributed by atoms with Crippen LogP contribution in [0.1, 0.15) is 48.5 Å². The molecule has 3 heteroatoms. The van der Waals surface area contributed by atoms with Crippen LogP contribution in [0.25, 0.3) is 0 Å². The highest BCUT2D eigenvalue weighted by molar-refractivity contribution is 6.29. The van der Waals surface area contributed by atoms with Crippen LogP contribution in [0, 0.1) is 4.91 Å². The molecule has 0 aromatic heterocycles. The van der Waals surface area contributed by atoms with Gasteiger partial charge in [-0.05, 0) is 32.4 Å². The number of nitrogens with zero attached hydrogens (tertiary/aromatic N) is 1. The quantitative estimate of drug-likeness (QED) is 0.481. The highest BCUT2D eigenvalue weighted by atomic mass is 35.5. The summed E-state index contributed by atoms with van der Waals surface area (Å²) in [6.45, 7) is 13.8. The number of hydrogen-bond donors (Lipinski definition) is 0. The standard InChI is InChI=1S/C8H12ClNO.2C2H6/c1-6(2)8(5-10-11)4-7(3)9;2*1-2/h4H,5H2,1-3H3;2*1-2H3/b7-4+;;. The lowest BCUT2D eigenvalue weighted by Crippen LogP contribution is -1.87. The van der Waals surface area contributed by atoms with Crippen molar-refractivity contribution in [3.63, 3.8) is 0 Å². The van der Waals surface area contributed by atoms with Crippen LogP contribution in [0.5, 0.6) is 0 Å². The number of halogens is 1. The number of nitroso groups, excluding NO2 is 1. The molecule has 0 radical (unpaired) electrons. The van der Waals surface area contributed by atoms with Crippen molar-refractivity contribution in [1.29, 1.82) is 0 Å². The van der Waals surface area contributed by atoms with E-state index in [0.717, 1.165) is 11.1 Å². The van der Waals surface area contributed by atoms with Gasteiger partial charge in [0.25, 0.3) is 0 Å². The molecule has 0 bridgehead atoms. The summed E-state index contributed by atoms with van der Waals surface area (Å²) in [6.07, 6.45) is 1.76. The van der Waals surface area contributed by atoms with Gasteiger partial charge in [0.1, 0.15) is 6.54 Å². The van der Waals surface area contributed by atoms with E-state index in [-0.39, 0.29) is 6.54 Å². The molecule has 0 fully saturated rings. The second kappa shape index (κ2) is 15.8. The minimum atomic E-state index is 0.201. The maximum Gasteiger partial charge on any atom is 0.106 e. The molecule has 0 spiro atoms. The molecule has 0 amide bonds. The van der Waals surface area contributed by atoms with Gasteiger partial charge in [0, 0.05) is 5.03 Å². The monoisotopic (exact) mass is 233 g/mol. The van der Waals surface area contributed by atoms with E-state index in [0.29, 0.717) is 5.03 Å². The van der Waals surface area contributed by atoms with Crippen LogP contribution in [-0.4, -0.2) is 6.54 Å². The van der Waals surface area contributed by atoms with E-state index >= 15 is 0 Å². The Morgan fingerprint density at radius 1 is 1.13 bits per heavy atom. The zero-order valence-corrected chi connectivity index (χ0v) is 11.8. The summed E-state index contributed by atoms with van der Waals surface area (Å²) in [5.41, 5.74) is 1.97. The van der Waals surface area contributed by atoms with Crippen molar-refractivity contribution >= 4 is 11.6 Å². The molecule has 0 unspecified atom stereocenters. The van der Waals surface area contributed by atoms with Crippen LogP contribution in [0.15, 0.2) is 27.4 Å². The van der Waals surface area contributed by atoms with Gasteiger partial charge in [-0.3, -0.25) is 0 Å². The highest BCUT2D eigenvalue weighted by Gasteiger charge is 1.95. The smallest absolute Gasteiger partial charge is 0.106 e. The molecule has 0 aliphatic heterocycles. The Morgan fingerprint density at radius 2 is 1.53 bits per heavy atom. The fraction of sp³-hybridized carbons (Fsp3) is 0.667. The van der Waals surface area contributed by atoms with E-state index in [2.05, 4.69) is 5.18 Å². The van der Waals surface area contributed by atoms with Gasteiger partial charge in [-0.15, -0.1) is 0 Å². The van der Waals surface area contributed by atoms with Crippen molar-refractivity contribution < 1.29 is 0 Å². The largest absolute Gasteiger partial charge is 0.150 e. The first-order chi connectivity index (χ1) is 7.07. The molecule has 0 aliphatic carbocycles. The van der Waals surface area contributed by atoms with Gasteiger partial charge in [-0.2, -0.15) is 4.91 Å². The second-order valence-electron chi connectivity index (χ2n) is 2.54. The zero-order chi connectivity index (χ0) is 12.9. The van der Waals surface area contributed by atoms with Crippen LogP contribution in [0.3, 0.4) is 0 Å². The van der Waals surface area contributed by atoms with E-state index in [9.17, 15) is 4.91 Å². The number of rotatable bonds is 3. The minimum Gasteiger partial charge on any atom is -0.150 e. The van der Waals surface area contributed by atoms with Crippen molar-refractivity contribution in [1.82, 2.24) is 0 Å². The summed E-state index contributed by atoms with van der Waals surface area (Å²) in [5.74, 6) is 0. The topological polar surface area (TPSA) is 29.4 Å². The van der Waals surface area contributed by atoms with Gasteiger partial charge in [0.15, 0.2) is 0 Å². The molecule has 0 heterocycles. The summed E-state index contributed by atoms with van der Waals surface area (Å²) in [6, 6.07) is 0. The molecule has 0 saturated carbocycles. The van der Waals surface area contributed by atoms with E-state index in [1.165, 1.54) is 0 Å². The van der Waals surface area contributed by atoms with Gasteiger partial charge >= 0.3 is 0 Å². The molecule has 15 heavy (non-hydrogen) atoms. The maximum absolute atomic E-state index is 9.94. The van der Waals surface area contributed by atoms with E-state index in [1.54, 1.807) is 13.0 Å². The molecule has 90 valence electrons. The summed E-state index contributed by atoms with van der Waals surface area (Å²) in [7, 11) is 0. The number of hydrogen-bond acceptors (Lipinski definition) is 2. The molecule has 0 saturated heterocycles.